The van der Waals surface area contributed by atoms with Gasteiger partial charge in [0, 0.05) is 35.9 Å². The number of aromatic amines is 1. The van der Waals surface area contributed by atoms with Crippen LogP contribution in [-0.2, 0) is 27.2 Å². The number of carboxylic acid groups (broad SMARTS) is 1. The van der Waals surface area contributed by atoms with Crippen molar-refractivity contribution in [1.29, 1.82) is 0 Å². The Kier molecular flexibility index (Phi) is 7.91. The number of aromatic nitrogens is 1. The number of rotatable bonds is 10. The van der Waals surface area contributed by atoms with Crippen molar-refractivity contribution in [3.8, 4) is 11.1 Å². The van der Waals surface area contributed by atoms with E-state index in [1.807, 2.05) is 91.0 Å². The Balaban J connectivity index is 1.16. The minimum Gasteiger partial charge on any atom is -0.480 e. The molecule has 0 bridgehead atoms. The summed E-state index contributed by atoms with van der Waals surface area (Å²) in [7, 11) is 0. The zero-order chi connectivity index (χ0) is 29.8. The number of H-pyrrole nitrogens is 1. The molecule has 1 heterocycles. The molecule has 8 nitrogen and oxygen atoms in total. The van der Waals surface area contributed by atoms with Crippen molar-refractivity contribution in [3.05, 3.63) is 132 Å². The second-order valence-electron chi connectivity index (χ2n) is 10.7. The average molecular weight is 574 g/mol. The first-order chi connectivity index (χ1) is 21.0. The number of carbonyl (C=O) groups is 3. The Morgan fingerprint density at radius 1 is 0.744 bits per heavy atom. The smallest absolute Gasteiger partial charge is 0.407 e. The maximum absolute atomic E-state index is 13.5. The number of ether oxygens (including phenoxy) is 1. The molecule has 4 aromatic carbocycles. The van der Waals surface area contributed by atoms with Crippen molar-refractivity contribution in [3.63, 3.8) is 0 Å². The minimum atomic E-state index is -1.20. The van der Waals surface area contributed by atoms with Crippen LogP contribution < -0.4 is 10.6 Å². The number of para-hydroxylation sites is 1. The molecule has 216 valence electrons. The molecule has 4 N–H and O–H groups in total. The Hall–Kier alpha value is -5.37. The molecule has 2 atom stereocenters. The van der Waals surface area contributed by atoms with Crippen molar-refractivity contribution in [2.24, 2.45) is 0 Å². The number of amides is 2. The number of nitrogens with one attached hydrogen (secondary N) is 3. The van der Waals surface area contributed by atoms with Crippen LogP contribution in [0.1, 0.15) is 28.2 Å². The fraction of sp³-hybridized carbons (Fsp3) is 0.171. The fourth-order valence-electron chi connectivity index (χ4n) is 5.83. The molecule has 0 fully saturated rings. The number of aliphatic carboxylic acids is 1. The van der Waals surface area contributed by atoms with Crippen LogP contribution in [-0.4, -0.2) is 46.8 Å². The summed E-state index contributed by atoms with van der Waals surface area (Å²) in [5.74, 6) is -1.91. The molecule has 8 heteroatoms. The van der Waals surface area contributed by atoms with Gasteiger partial charge in [0.1, 0.15) is 18.7 Å². The molecule has 1 aromatic heterocycles. The molecule has 6 rings (SSSR count). The lowest BCUT2D eigenvalue weighted by atomic mass is 9.98. The molecule has 0 unspecified atom stereocenters. The van der Waals surface area contributed by atoms with Crippen LogP contribution in [0.3, 0.4) is 0 Å². The quantitative estimate of drug-likeness (QED) is 0.178. The Bertz CT molecular complexity index is 1740. The first kappa shape index (κ1) is 27.8. The highest BCUT2D eigenvalue weighted by Gasteiger charge is 2.31. The Morgan fingerprint density at radius 3 is 2.07 bits per heavy atom. The van der Waals surface area contributed by atoms with Crippen molar-refractivity contribution < 1.29 is 24.2 Å². The molecule has 0 saturated heterocycles. The third-order valence-corrected chi connectivity index (χ3v) is 7.95. The van der Waals surface area contributed by atoms with E-state index in [1.54, 1.807) is 6.20 Å². The van der Waals surface area contributed by atoms with E-state index in [4.69, 9.17) is 4.74 Å². The molecular weight excluding hydrogens is 542 g/mol. The summed E-state index contributed by atoms with van der Waals surface area (Å²) in [6, 6.07) is 30.7. The van der Waals surface area contributed by atoms with Gasteiger partial charge in [0.2, 0.25) is 5.91 Å². The lowest BCUT2D eigenvalue weighted by Gasteiger charge is -2.22. The first-order valence-electron chi connectivity index (χ1n) is 14.2. The van der Waals surface area contributed by atoms with E-state index in [-0.39, 0.29) is 25.4 Å². The Labute approximate surface area is 248 Å². The molecule has 0 aliphatic heterocycles. The normalized spacial score (nSPS) is 13.5. The minimum absolute atomic E-state index is 0.0775. The van der Waals surface area contributed by atoms with Gasteiger partial charge in [0.15, 0.2) is 0 Å². The summed E-state index contributed by atoms with van der Waals surface area (Å²) in [6.07, 6.45) is 1.24. The third-order valence-electron chi connectivity index (χ3n) is 7.95. The van der Waals surface area contributed by atoms with E-state index in [2.05, 4.69) is 27.8 Å². The summed E-state index contributed by atoms with van der Waals surface area (Å²) in [6.45, 7) is 0.0951. The van der Waals surface area contributed by atoms with Crippen LogP contribution in [0.4, 0.5) is 4.79 Å². The highest BCUT2D eigenvalue weighted by atomic mass is 16.5. The molecular formula is C35H31N3O5. The SMILES string of the molecule is O=C(N[C@@H](Cc1ccccc1)C(=O)N[C@@H](Cc1c[nH]c2ccccc12)C(=O)O)OCC1c2ccccc2-c2ccccc21. The number of alkyl carbamates (subject to hydrolysis) is 1. The standard InChI is InChI=1S/C35H31N3O5/c39-33(37-32(34(40)41)19-23-20-36-30-17-9-8-12-24(23)30)31(18-22-10-2-1-3-11-22)38-35(42)43-21-29-27-15-6-4-13-25(27)26-14-5-7-16-28(26)29/h1-17,20,29,31-32,36H,18-19,21H2,(H,37,39)(H,38,42)(H,40,41)/t31-,32-/m0/s1. The fourth-order valence-corrected chi connectivity index (χ4v) is 5.83. The number of benzene rings is 4. The van der Waals surface area contributed by atoms with Gasteiger partial charge in [-0.1, -0.05) is 97.1 Å². The predicted octanol–water partition coefficient (Wildman–Crippen LogP) is 5.43. The second kappa shape index (κ2) is 12.2. The summed E-state index contributed by atoms with van der Waals surface area (Å²) in [4.78, 5) is 42.0. The van der Waals surface area contributed by atoms with Crippen LogP contribution >= 0.6 is 0 Å². The number of hydrogen-bond donors (Lipinski definition) is 4. The Morgan fingerprint density at radius 2 is 1.37 bits per heavy atom. The van der Waals surface area contributed by atoms with Gasteiger partial charge in [-0.15, -0.1) is 0 Å². The molecule has 5 aromatic rings. The van der Waals surface area contributed by atoms with E-state index in [9.17, 15) is 19.5 Å². The zero-order valence-corrected chi connectivity index (χ0v) is 23.3. The van der Waals surface area contributed by atoms with E-state index in [0.29, 0.717) is 0 Å². The number of fused-ring (bicyclic) bond motifs is 4. The number of carboxylic acids is 1. The van der Waals surface area contributed by atoms with Gasteiger partial charge >= 0.3 is 12.1 Å². The molecule has 2 amide bonds. The molecule has 43 heavy (non-hydrogen) atoms. The molecule has 0 radical (unpaired) electrons. The van der Waals surface area contributed by atoms with Crippen molar-refractivity contribution in [1.82, 2.24) is 15.6 Å². The van der Waals surface area contributed by atoms with Gasteiger partial charge in [-0.2, -0.15) is 0 Å². The summed E-state index contributed by atoms with van der Waals surface area (Å²) in [5, 5.41) is 16.2. The third kappa shape index (κ3) is 5.99. The second-order valence-corrected chi connectivity index (χ2v) is 10.7. The average Bonchev–Trinajstić information content (AvgIpc) is 3.58. The van der Waals surface area contributed by atoms with E-state index < -0.39 is 30.1 Å². The molecule has 0 saturated carbocycles. The maximum Gasteiger partial charge on any atom is 0.407 e. The van der Waals surface area contributed by atoms with Crippen molar-refractivity contribution in [2.45, 2.75) is 30.8 Å². The van der Waals surface area contributed by atoms with Crippen LogP contribution in [0.2, 0.25) is 0 Å². The van der Waals surface area contributed by atoms with Gasteiger partial charge in [0.05, 0.1) is 0 Å². The van der Waals surface area contributed by atoms with Crippen LogP contribution in [0.5, 0.6) is 0 Å². The lowest BCUT2D eigenvalue weighted by molar-refractivity contribution is -0.142. The highest BCUT2D eigenvalue weighted by Crippen LogP contribution is 2.44. The van der Waals surface area contributed by atoms with Gasteiger partial charge < -0.3 is 25.5 Å². The number of hydrogen-bond acceptors (Lipinski definition) is 4. The van der Waals surface area contributed by atoms with E-state index >= 15 is 0 Å². The maximum atomic E-state index is 13.5. The summed E-state index contributed by atoms with van der Waals surface area (Å²) < 4.78 is 5.69. The van der Waals surface area contributed by atoms with Crippen molar-refractivity contribution in [2.75, 3.05) is 6.61 Å². The van der Waals surface area contributed by atoms with E-state index in [1.165, 1.54) is 0 Å². The monoisotopic (exact) mass is 573 g/mol. The van der Waals surface area contributed by atoms with Gasteiger partial charge in [0.25, 0.3) is 0 Å². The van der Waals surface area contributed by atoms with E-state index in [0.717, 1.165) is 44.3 Å². The summed E-state index contributed by atoms with van der Waals surface area (Å²) >= 11 is 0. The lowest BCUT2D eigenvalue weighted by Crippen LogP contribution is -2.53. The topological polar surface area (TPSA) is 121 Å². The summed E-state index contributed by atoms with van der Waals surface area (Å²) in [5.41, 5.74) is 6.85. The van der Waals surface area contributed by atoms with Crippen LogP contribution in [0.25, 0.3) is 22.0 Å². The molecule has 1 aliphatic rings. The number of carbonyl (C=O) groups excluding carboxylic acids is 2. The van der Waals surface area contributed by atoms with Gasteiger partial charge in [-0.25, -0.2) is 9.59 Å². The van der Waals surface area contributed by atoms with Crippen molar-refractivity contribution >= 4 is 28.9 Å². The largest absolute Gasteiger partial charge is 0.480 e. The predicted molar refractivity (Wildman–Crippen MR) is 164 cm³/mol. The highest BCUT2D eigenvalue weighted by molar-refractivity contribution is 5.90. The zero-order valence-electron chi connectivity index (χ0n) is 23.3. The molecule has 1 aliphatic carbocycles. The molecule has 0 spiro atoms. The first-order valence-corrected chi connectivity index (χ1v) is 14.2. The van der Waals surface area contributed by atoms with Gasteiger partial charge in [-0.05, 0) is 39.4 Å². The van der Waals surface area contributed by atoms with Gasteiger partial charge in [-0.3, -0.25) is 4.79 Å². The van der Waals surface area contributed by atoms with Crippen LogP contribution in [0, 0.1) is 0 Å². The van der Waals surface area contributed by atoms with Crippen LogP contribution in [0.15, 0.2) is 109 Å².